The van der Waals surface area contributed by atoms with Gasteiger partial charge >= 0.3 is 59.1 Å². The van der Waals surface area contributed by atoms with Gasteiger partial charge in [-0.2, -0.15) is 17.7 Å². The maximum absolute atomic E-state index is 12.5. The minimum atomic E-state index is -4.86. The van der Waals surface area contributed by atoms with E-state index in [0.717, 1.165) is 40.8 Å². The van der Waals surface area contributed by atoms with Crippen LogP contribution in [0.25, 0.3) is 33.4 Å². The van der Waals surface area contributed by atoms with Crippen molar-refractivity contribution in [2.24, 2.45) is 4.99 Å². The molecule has 1 aliphatic heterocycles. The topological polar surface area (TPSA) is 152 Å². The minimum absolute atomic E-state index is 0. The zero-order chi connectivity index (χ0) is 37.5. The molecule has 0 spiro atoms. The predicted molar refractivity (Wildman–Crippen MR) is 201 cm³/mol. The molecule has 6 rings (SSSR count). The van der Waals surface area contributed by atoms with Crippen molar-refractivity contribution in [1.29, 1.82) is 0 Å². The quantitative estimate of drug-likeness (QED) is 0.0965. The molecule has 1 N–H and O–H groups in total. The summed E-state index contributed by atoms with van der Waals surface area (Å²) in [7, 11) is -9.62. The van der Waals surface area contributed by atoms with Crippen LogP contribution < -0.4 is 69.8 Å². The van der Waals surface area contributed by atoms with Crippen molar-refractivity contribution in [2.75, 3.05) is 5.32 Å². The van der Waals surface area contributed by atoms with Crippen LogP contribution in [0.4, 0.5) is 17.1 Å². The largest absolute Gasteiger partial charge is 1.00 e. The molecule has 0 fully saturated rings. The Morgan fingerprint density at radius 2 is 1.46 bits per heavy atom. The standard InChI is InChI=1S/C41H41N2O7S2.2Na/c1-7-26-19-24(5)20-27(8-2)39(26)42-29-15-17-32-35(22-29)50-36-23-30(16-18-33(36)38(32)34-13-11-12-14-37(34)51(44,45)46)43-40-28(9-3)21-25(6)41(31(40)10-4)52(47,48)49;;/h11-19,21-23,43H,7-10H2,1-6H3,(H,44,45,46)(H,47,48,49);;/q-1;2*+1/p-2. The molecule has 54 heavy (non-hydrogen) atoms. The maximum Gasteiger partial charge on any atom is 1.00 e. The Hall–Kier alpha value is -2.81. The normalized spacial score (nSPS) is 12.1. The summed E-state index contributed by atoms with van der Waals surface area (Å²) in [6, 6.07) is 24.0. The van der Waals surface area contributed by atoms with E-state index in [9.17, 15) is 25.9 Å². The molecule has 9 nitrogen and oxygen atoms in total. The second kappa shape index (κ2) is 17.5. The third-order valence-electron chi connectivity index (χ3n) is 9.33. The second-order valence-corrected chi connectivity index (χ2v) is 15.4. The first kappa shape index (κ1) is 43.9. The third kappa shape index (κ3) is 8.76. The van der Waals surface area contributed by atoms with Gasteiger partial charge in [-0.1, -0.05) is 71.7 Å². The summed E-state index contributed by atoms with van der Waals surface area (Å²) in [5.41, 5.74) is 8.37. The molecule has 270 valence electrons. The van der Waals surface area contributed by atoms with Crippen molar-refractivity contribution in [3.63, 3.8) is 0 Å². The molecule has 0 aromatic heterocycles. The van der Waals surface area contributed by atoms with Crippen molar-refractivity contribution in [3.8, 4) is 22.5 Å². The van der Waals surface area contributed by atoms with Crippen LogP contribution in [0.15, 0.2) is 92.0 Å². The molecule has 0 unspecified atom stereocenters. The van der Waals surface area contributed by atoms with E-state index in [1.54, 1.807) is 56.3 Å². The Morgan fingerprint density at radius 3 is 2.09 bits per heavy atom. The number of nitrogens with one attached hydrogen (secondary N) is 1. The van der Waals surface area contributed by atoms with Gasteiger partial charge in [0, 0.05) is 45.6 Å². The zero-order valence-corrected chi connectivity index (χ0v) is 37.5. The van der Waals surface area contributed by atoms with Crippen molar-refractivity contribution < 1.29 is 89.5 Å². The van der Waals surface area contributed by atoms with Crippen LogP contribution in [-0.2, 0) is 45.9 Å². The number of fused-ring (bicyclic) bond motifs is 2. The van der Waals surface area contributed by atoms with Gasteiger partial charge in [0.1, 0.15) is 31.6 Å². The molecule has 0 atom stereocenters. The zero-order valence-electron chi connectivity index (χ0n) is 31.9. The van der Waals surface area contributed by atoms with Crippen molar-refractivity contribution >= 4 is 48.3 Å². The van der Waals surface area contributed by atoms with Crippen LogP contribution in [0.3, 0.4) is 0 Å². The van der Waals surface area contributed by atoms with Crippen LogP contribution >= 0.6 is 0 Å². The average Bonchev–Trinajstić information content (AvgIpc) is 3.10. The number of hydrogen-bond acceptors (Lipinski definition) is 9. The van der Waals surface area contributed by atoms with Gasteiger partial charge in [-0.05, 0) is 72.5 Å². The van der Waals surface area contributed by atoms with Gasteiger partial charge in [-0.15, -0.1) is 11.1 Å². The Kier molecular flexibility index (Phi) is 14.3. The first-order valence-corrected chi connectivity index (χ1v) is 20.0. The van der Waals surface area contributed by atoms with Crippen LogP contribution in [0, 0.1) is 19.9 Å². The van der Waals surface area contributed by atoms with E-state index in [-0.39, 0.29) is 74.5 Å². The first-order valence-electron chi connectivity index (χ1n) is 17.2. The van der Waals surface area contributed by atoms with E-state index < -0.39 is 20.2 Å². The van der Waals surface area contributed by atoms with E-state index in [4.69, 9.17) is 9.41 Å². The summed E-state index contributed by atoms with van der Waals surface area (Å²) in [6.45, 7) is 11.5. The number of rotatable bonds is 10. The summed E-state index contributed by atoms with van der Waals surface area (Å²) in [4.78, 5) is 4.44. The number of nitrogens with zero attached hydrogens (tertiary/aromatic N) is 1. The van der Waals surface area contributed by atoms with Gasteiger partial charge in [0.05, 0.1) is 15.1 Å². The fraction of sp³-hybridized carbons (Fsp3) is 0.244. The van der Waals surface area contributed by atoms with E-state index in [1.807, 2.05) is 26.0 Å². The van der Waals surface area contributed by atoms with Gasteiger partial charge in [0.15, 0.2) is 0 Å². The summed E-state index contributed by atoms with van der Waals surface area (Å²) >= 11 is 0. The van der Waals surface area contributed by atoms with Gasteiger partial charge in [-0.25, -0.2) is 16.8 Å². The maximum atomic E-state index is 12.5. The van der Waals surface area contributed by atoms with Crippen molar-refractivity contribution in [2.45, 2.75) is 77.0 Å². The molecule has 13 heteroatoms. The Morgan fingerprint density at radius 1 is 0.759 bits per heavy atom. The molecule has 0 saturated carbocycles. The number of aryl methyl sites for hydroxylation is 5. The van der Waals surface area contributed by atoms with Gasteiger partial charge in [0.2, 0.25) is 0 Å². The molecular weight excluding hydrogens is 743 g/mol. The smallest absolute Gasteiger partial charge is 0.744 e. The summed E-state index contributed by atoms with van der Waals surface area (Å²) < 4.78 is 81.2. The molecular formula is C41H39N2Na2O7S2-. The molecule has 1 aliphatic carbocycles. The van der Waals surface area contributed by atoms with E-state index >= 15 is 0 Å². The van der Waals surface area contributed by atoms with E-state index in [1.165, 1.54) is 12.1 Å². The first-order chi connectivity index (χ1) is 24.7. The summed E-state index contributed by atoms with van der Waals surface area (Å²) in [5.74, 6) is 0.407. The molecule has 0 bridgehead atoms. The summed E-state index contributed by atoms with van der Waals surface area (Å²) in [5, 5.41) is 4.53. The molecule has 0 radical (unpaired) electrons. The fourth-order valence-corrected chi connectivity index (χ4v) is 8.75. The molecule has 4 aromatic rings. The van der Waals surface area contributed by atoms with Gasteiger partial charge < -0.3 is 23.8 Å². The minimum Gasteiger partial charge on any atom is -0.744 e. The van der Waals surface area contributed by atoms with Crippen molar-refractivity contribution in [1.82, 2.24) is 0 Å². The fourth-order valence-electron chi connectivity index (χ4n) is 7.07. The molecule has 0 amide bonds. The second-order valence-electron chi connectivity index (χ2n) is 12.8. The van der Waals surface area contributed by atoms with E-state index in [2.05, 4.69) is 31.3 Å². The molecule has 2 aliphatic rings. The SMILES string of the molecule is CCc1[c-]c(C)cc(CC)c1N=c1ccc2c(-c3ccccc3S(=O)(=O)[O-])c3ccc(Nc4c(CC)cc(C)c(S(=O)(=O)[O-])c4CC)cc3oc-2c1.[Na+].[Na+]. The van der Waals surface area contributed by atoms with Crippen molar-refractivity contribution in [3.05, 3.63) is 118 Å². The van der Waals surface area contributed by atoms with E-state index in [0.29, 0.717) is 68.6 Å². The number of anilines is 2. The van der Waals surface area contributed by atoms with Crippen LogP contribution in [-0.4, -0.2) is 25.9 Å². The van der Waals surface area contributed by atoms with Crippen LogP contribution in [0.5, 0.6) is 0 Å². The Labute approximate surface area is 361 Å². The molecule has 4 aromatic carbocycles. The predicted octanol–water partition coefficient (Wildman–Crippen LogP) is 2.66. The molecule has 1 heterocycles. The van der Waals surface area contributed by atoms with Gasteiger partial charge in [0.25, 0.3) is 0 Å². The average molecular weight is 782 g/mol. The third-order valence-corrected chi connectivity index (χ3v) is 11.3. The monoisotopic (exact) mass is 781 g/mol. The number of benzene rings is 5. The number of hydrogen-bond donors (Lipinski definition) is 1. The van der Waals surface area contributed by atoms with Crippen LogP contribution in [0.1, 0.15) is 61.1 Å². The Bertz CT molecular complexity index is 2610. The molecule has 0 saturated heterocycles. The van der Waals surface area contributed by atoms with Gasteiger partial charge in [-0.3, -0.25) is 0 Å². The Balaban J connectivity index is 0.00000325. The van der Waals surface area contributed by atoms with Crippen LogP contribution in [0.2, 0.25) is 0 Å². The summed E-state index contributed by atoms with van der Waals surface area (Å²) in [6.07, 6.45) is 2.41.